The molecule has 3 aromatic rings. The Kier molecular flexibility index (Phi) is 5.12. The zero-order valence-electron chi connectivity index (χ0n) is 16.0. The van der Waals surface area contributed by atoms with Gasteiger partial charge in [-0.3, -0.25) is 14.4 Å². The highest BCUT2D eigenvalue weighted by Gasteiger charge is 2.31. The van der Waals surface area contributed by atoms with Gasteiger partial charge in [0.1, 0.15) is 0 Å². The summed E-state index contributed by atoms with van der Waals surface area (Å²) in [5, 5.41) is 8.21. The van der Waals surface area contributed by atoms with Gasteiger partial charge in [-0.15, -0.1) is 0 Å². The van der Waals surface area contributed by atoms with Gasteiger partial charge in [0.25, 0.3) is 11.5 Å². The Morgan fingerprint density at radius 2 is 1.76 bits per heavy atom. The molecule has 1 aliphatic rings. The number of hydrogen-bond donors (Lipinski definition) is 1. The van der Waals surface area contributed by atoms with Gasteiger partial charge in [0.15, 0.2) is 0 Å². The number of benzene rings is 2. The maximum absolute atomic E-state index is 12.7. The van der Waals surface area contributed by atoms with Crippen LogP contribution in [0.15, 0.2) is 59.4 Å². The SMILES string of the molecule is Cn1nc(CC(=O)O[C@H](C(=O)NC2CC2)c2ccccc2)c2ccccc2c1=O. The van der Waals surface area contributed by atoms with Gasteiger partial charge in [0.2, 0.25) is 6.10 Å². The first-order valence-electron chi connectivity index (χ1n) is 9.52. The molecule has 1 aromatic heterocycles. The summed E-state index contributed by atoms with van der Waals surface area (Å²) in [6.07, 6.45) is 0.710. The van der Waals surface area contributed by atoms with Crippen LogP contribution < -0.4 is 10.9 Å². The van der Waals surface area contributed by atoms with Crippen LogP contribution in [0.2, 0.25) is 0 Å². The lowest BCUT2D eigenvalue weighted by Crippen LogP contribution is -2.34. The summed E-state index contributed by atoms with van der Waals surface area (Å²) in [5.74, 6) is -0.911. The van der Waals surface area contributed by atoms with Gasteiger partial charge in [-0.25, -0.2) is 4.68 Å². The Morgan fingerprint density at radius 1 is 1.10 bits per heavy atom. The van der Waals surface area contributed by atoms with Gasteiger partial charge in [0.05, 0.1) is 17.5 Å². The number of carbonyl (C=O) groups is 2. The number of nitrogens with one attached hydrogen (secondary N) is 1. The fraction of sp³-hybridized carbons (Fsp3) is 0.273. The first-order chi connectivity index (χ1) is 14.0. The number of fused-ring (bicyclic) bond motifs is 1. The number of amides is 1. The van der Waals surface area contributed by atoms with E-state index in [1.807, 2.05) is 6.07 Å². The van der Waals surface area contributed by atoms with Crippen LogP contribution in [0.1, 0.15) is 30.2 Å². The maximum atomic E-state index is 12.7. The molecule has 0 spiro atoms. The van der Waals surface area contributed by atoms with Crippen LogP contribution in [0, 0.1) is 0 Å². The summed E-state index contributed by atoms with van der Waals surface area (Å²) in [7, 11) is 1.54. The molecule has 1 saturated carbocycles. The third kappa shape index (κ3) is 4.18. The van der Waals surface area contributed by atoms with E-state index in [1.165, 1.54) is 4.68 Å². The average molecular weight is 391 g/mol. The van der Waals surface area contributed by atoms with Crippen LogP contribution in [0.4, 0.5) is 0 Å². The lowest BCUT2D eigenvalue weighted by atomic mass is 10.1. The molecule has 0 radical (unpaired) electrons. The molecule has 1 N–H and O–H groups in total. The molecule has 2 aromatic carbocycles. The van der Waals surface area contributed by atoms with E-state index in [2.05, 4.69) is 10.4 Å². The number of hydrogen-bond acceptors (Lipinski definition) is 5. The van der Waals surface area contributed by atoms with E-state index in [9.17, 15) is 14.4 Å². The van der Waals surface area contributed by atoms with Crippen LogP contribution in [0.3, 0.4) is 0 Å². The van der Waals surface area contributed by atoms with Crippen molar-refractivity contribution in [3.63, 3.8) is 0 Å². The van der Waals surface area contributed by atoms with E-state index in [-0.39, 0.29) is 23.9 Å². The second-order valence-electron chi connectivity index (χ2n) is 7.16. The molecule has 1 heterocycles. The topological polar surface area (TPSA) is 90.3 Å². The second kappa shape index (κ2) is 7.87. The van der Waals surface area contributed by atoms with Crippen molar-refractivity contribution in [1.29, 1.82) is 0 Å². The quantitative estimate of drug-likeness (QED) is 0.650. The average Bonchev–Trinajstić information content (AvgIpc) is 3.54. The molecule has 1 fully saturated rings. The summed E-state index contributed by atoms with van der Waals surface area (Å²) >= 11 is 0. The summed E-state index contributed by atoms with van der Waals surface area (Å²) in [6.45, 7) is 0. The fourth-order valence-electron chi connectivity index (χ4n) is 3.22. The zero-order valence-corrected chi connectivity index (χ0v) is 16.0. The summed E-state index contributed by atoms with van der Waals surface area (Å²) < 4.78 is 6.78. The van der Waals surface area contributed by atoms with Gasteiger partial charge >= 0.3 is 5.97 Å². The first-order valence-corrected chi connectivity index (χ1v) is 9.52. The second-order valence-corrected chi connectivity index (χ2v) is 7.16. The van der Waals surface area contributed by atoms with Crippen LogP contribution in [-0.4, -0.2) is 27.7 Å². The Bertz CT molecular complexity index is 1120. The third-order valence-corrected chi connectivity index (χ3v) is 4.86. The largest absolute Gasteiger partial charge is 0.447 e. The summed E-state index contributed by atoms with van der Waals surface area (Å²) in [4.78, 5) is 37.6. The van der Waals surface area contributed by atoms with Gasteiger partial charge in [0, 0.05) is 24.0 Å². The van der Waals surface area contributed by atoms with Gasteiger partial charge in [-0.1, -0.05) is 48.5 Å². The predicted molar refractivity (Wildman–Crippen MR) is 107 cm³/mol. The van der Waals surface area contributed by atoms with Crippen LogP contribution in [0.25, 0.3) is 10.8 Å². The number of nitrogens with zero attached hydrogens (tertiary/aromatic N) is 2. The smallest absolute Gasteiger partial charge is 0.313 e. The monoisotopic (exact) mass is 391 g/mol. The molecule has 148 valence electrons. The van der Waals surface area contributed by atoms with Crippen molar-refractivity contribution in [3.05, 3.63) is 76.2 Å². The fourth-order valence-corrected chi connectivity index (χ4v) is 3.22. The highest BCUT2D eigenvalue weighted by Crippen LogP contribution is 2.24. The number of ether oxygens (including phenoxy) is 1. The molecule has 1 atom stereocenters. The predicted octanol–water partition coefficient (Wildman–Crippen LogP) is 2.04. The normalized spacial score (nSPS) is 14.4. The van der Waals surface area contributed by atoms with Crippen LogP contribution >= 0.6 is 0 Å². The summed E-state index contributed by atoms with van der Waals surface area (Å²) in [5.41, 5.74) is 0.808. The third-order valence-electron chi connectivity index (χ3n) is 4.86. The van der Waals surface area contributed by atoms with E-state index < -0.39 is 12.1 Å². The van der Waals surface area contributed by atoms with Gasteiger partial charge in [-0.05, 0) is 18.9 Å². The summed E-state index contributed by atoms with van der Waals surface area (Å²) in [6, 6.07) is 16.1. The van der Waals surface area contributed by atoms with Gasteiger partial charge in [-0.2, -0.15) is 5.10 Å². The minimum absolute atomic E-state index is 0.144. The number of esters is 1. The molecule has 1 amide bonds. The van der Waals surface area contributed by atoms with E-state index >= 15 is 0 Å². The van der Waals surface area contributed by atoms with E-state index in [1.54, 1.807) is 55.6 Å². The lowest BCUT2D eigenvalue weighted by Gasteiger charge is -2.18. The number of carbonyl (C=O) groups excluding carboxylic acids is 2. The van der Waals surface area contributed by atoms with E-state index in [0.29, 0.717) is 22.0 Å². The minimum atomic E-state index is -1.02. The van der Waals surface area contributed by atoms with Crippen LogP contribution in [-0.2, 0) is 27.8 Å². The Morgan fingerprint density at radius 3 is 2.45 bits per heavy atom. The molecule has 4 rings (SSSR count). The van der Waals surface area contributed by atoms with Crippen molar-refractivity contribution in [2.24, 2.45) is 7.05 Å². The van der Waals surface area contributed by atoms with Crippen molar-refractivity contribution in [2.45, 2.75) is 31.4 Å². The Hall–Kier alpha value is -3.48. The number of aryl methyl sites for hydroxylation is 1. The highest BCUT2D eigenvalue weighted by atomic mass is 16.5. The zero-order chi connectivity index (χ0) is 20.4. The Labute approximate surface area is 167 Å². The maximum Gasteiger partial charge on any atom is 0.313 e. The first kappa shape index (κ1) is 18.9. The van der Waals surface area contributed by atoms with Gasteiger partial charge < -0.3 is 10.1 Å². The molecule has 0 bridgehead atoms. The van der Waals surface area contributed by atoms with Crippen molar-refractivity contribution >= 4 is 22.6 Å². The van der Waals surface area contributed by atoms with Crippen LogP contribution in [0.5, 0.6) is 0 Å². The van der Waals surface area contributed by atoms with E-state index in [4.69, 9.17) is 4.74 Å². The van der Waals surface area contributed by atoms with E-state index in [0.717, 1.165) is 12.8 Å². The molecule has 29 heavy (non-hydrogen) atoms. The minimum Gasteiger partial charge on any atom is -0.447 e. The molecular weight excluding hydrogens is 370 g/mol. The number of rotatable bonds is 6. The molecule has 0 unspecified atom stereocenters. The van der Waals surface area contributed by atoms with Crippen molar-refractivity contribution < 1.29 is 14.3 Å². The molecule has 1 aliphatic carbocycles. The molecular formula is C22H21N3O4. The van der Waals surface area contributed by atoms with Crippen molar-refractivity contribution in [3.8, 4) is 0 Å². The Balaban J connectivity index is 1.58. The lowest BCUT2D eigenvalue weighted by molar-refractivity contribution is -0.156. The molecule has 7 heteroatoms. The standard InChI is InChI=1S/C22H21N3O4/c1-25-22(28)17-10-6-5-9-16(17)18(24-25)13-19(26)29-20(14-7-3-2-4-8-14)21(27)23-15-11-12-15/h2-10,15,20H,11-13H2,1H3,(H,23,27)/t20-/m0/s1. The number of aromatic nitrogens is 2. The van der Waals surface area contributed by atoms with Crippen molar-refractivity contribution in [2.75, 3.05) is 0 Å². The molecule has 0 saturated heterocycles. The van der Waals surface area contributed by atoms with Crippen molar-refractivity contribution in [1.82, 2.24) is 15.1 Å². The molecule has 0 aliphatic heterocycles. The molecule has 7 nitrogen and oxygen atoms in total. The highest BCUT2D eigenvalue weighted by molar-refractivity contribution is 5.89.